The van der Waals surface area contributed by atoms with Gasteiger partial charge < -0.3 is 15.3 Å². The van der Waals surface area contributed by atoms with E-state index < -0.39 is 12.1 Å². The van der Waals surface area contributed by atoms with Crippen molar-refractivity contribution in [2.75, 3.05) is 17.3 Å². The number of anilines is 2. The number of carbonyl (C=O) groups is 1. The molecular formula is C25H35FN6O2. The Morgan fingerprint density at radius 3 is 2.62 bits per heavy atom. The molecule has 4 rings (SSSR count). The molecule has 184 valence electrons. The van der Waals surface area contributed by atoms with Crippen LogP contribution >= 0.6 is 0 Å². The molecule has 9 heteroatoms. The van der Waals surface area contributed by atoms with Crippen LogP contribution in [0.2, 0.25) is 0 Å². The van der Waals surface area contributed by atoms with Crippen molar-refractivity contribution in [1.29, 1.82) is 0 Å². The number of amides is 1. The first-order chi connectivity index (χ1) is 15.2. The van der Waals surface area contributed by atoms with Gasteiger partial charge in [-0.3, -0.25) is 9.48 Å². The molecule has 8 nitrogen and oxygen atoms in total. The van der Waals surface area contributed by atoms with Crippen LogP contribution in [0.1, 0.15) is 50.0 Å². The molecule has 2 N–H and O–H groups in total. The zero-order valence-corrected chi connectivity index (χ0v) is 18.6. The fraction of sp³-hybridized carbons (Fsp3) is 0.440. The van der Waals surface area contributed by atoms with E-state index in [0.717, 1.165) is 16.7 Å². The quantitative estimate of drug-likeness (QED) is 0.571. The third-order valence-electron chi connectivity index (χ3n) is 5.80. The SMILES string of the molecule is C.C.Cc1cc(F)ccc1Cn1cc(CCc2nc(C)c3c(n2)N(C)[C@@H]([C@@H](C)O)C(=O)N3)cn1. The minimum Gasteiger partial charge on any atom is -0.391 e. The molecule has 0 radical (unpaired) electrons. The summed E-state index contributed by atoms with van der Waals surface area (Å²) in [5.41, 5.74) is 4.24. The fourth-order valence-electron chi connectivity index (χ4n) is 4.06. The van der Waals surface area contributed by atoms with E-state index in [9.17, 15) is 14.3 Å². The second-order valence-electron chi connectivity index (χ2n) is 8.33. The Hall–Kier alpha value is -3.33. The lowest BCUT2D eigenvalue weighted by atomic mass is 10.1. The second-order valence-corrected chi connectivity index (χ2v) is 8.33. The Bertz CT molecular complexity index is 1160. The predicted octanol–water partition coefficient (Wildman–Crippen LogP) is 3.67. The number of carbonyl (C=O) groups excluding carboxylic acids is 1. The minimum absolute atomic E-state index is 0. The van der Waals surface area contributed by atoms with Crippen LogP contribution in [0, 0.1) is 19.7 Å². The molecule has 3 aromatic rings. The second kappa shape index (κ2) is 10.7. The standard InChI is InChI=1S/C23H27FN6O2.2CH4/c1-13-9-18(24)7-6-17(13)12-30-11-16(10-25-30)5-8-19-26-14(2)20-22(27-19)29(4)21(15(3)31)23(32)28-20;;/h6-7,9-11,15,21,31H,5,8,12H2,1-4H3,(H,28,32);2*1H4/t15-,21+;;/m1../s1. The number of aryl methyl sites for hydroxylation is 4. The minimum atomic E-state index is -0.831. The lowest BCUT2D eigenvalue weighted by molar-refractivity contribution is -0.119. The average molecular weight is 471 g/mol. The first-order valence-corrected chi connectivity index (χ1v) is 10.6. The molecule has 1 aliphatic heterocycles. The van der Waals surface area contributed by atoms with Gasteiger partial charge >= 0.3 is 0 Å². The lowest BCUT2D eigenvalue weighted by Gasteiger charge is -2.36. The zero-order chi connectivity index (χ0) is 23.0. The summed E-state index contributed by atoms with van der Waals surface area (Å²) in [7, 11) is 1.76. The Balaban J connectivity index is 0.00000204. The summed E-state index contributed by atoms with van der Waals surface area (Å²) < 4.78 is 15.2. The van der Waals surface area contributed by atoms with Crippen LogP contribution in [0.15, 0.2) is 30.6 Å². The Kier molecular flexibility index (Phi) is 8.50. The van der Waals surface area contributed by atoms with Crippen molar-refractivity contribution in [3.8, 4) is 0 Å². The molecule has 1 amide bonds. The van der Waals surface area contributed by atoms with Gasteiger partial charge in [0.25, 0.3) is 0 Å². The topological polar surface area (TPSA) is 96.2 Å². The molecule has 1 aliphatic rings. The molecule has 0 bridgehead atoms. The van der Waals surface area contributed by atoms with Crippen LogP contribution in [0.4, 0.5) is 15.9 Å². The number of aliphatic hydroxyl groups is 1. The molecular weight excluding hydrogens is 435 g/mol. The third kappa shape index (κ3) is 5.41. The maximum Gasteiger partial charge on any atom is 0.249 e. The summed E-state index contributed by atoms with van der Waals surface area (Å²) in [6.07, 6.45) is 4.28. The number of rotatable bonds is 6. The molecule has 0 spiro atoms. The van der Waals surface area contributed by atoms with E-state index >= 15 is 0 Å². The van der Waals surface area contributed by atoms with Gasteiger partial charge in [-0.1, -0.05) is 20.9 Å². The van der Waals surface area contributed by atoms with Crippen molar-refractivity contribution in [2.24, 2.45) is 0 Å². The van der Waals surface area contributed by atoms with Crippen molar-refractivity contribution in [3.63, 3.8) is 0 Å². The van der Waals surface area contributed by atoms with Crippen LogP contribution in [-0.4, -0.2) is 50.0 Å². The molecule has 0 aliphatic carbocycles. The van der Waals surface area contributed by atoms with Crippen molar-refractivity contribution in [2.45, 2.75) is 67.2 Å². The summed E-state index contributed by atoms with van der Waals surface area (Å²) in [6, 6.07) is 4.07. The Labute approximate surface area is 200 Å². The predicted molar refractivity (Wildman–Crippen MR) is 133 cm³/mol. The normalized spacial score (nSPS) is 15.6. The summed E-state index contributed by atoms with van der Waals surface area (Å²) in [6.45, 7) is 5.89. The van der Waals surface area contributed by atoms with Gasteiger partial charge in [-0.25, -0.2) is 14.4 Å². The molecule has 0 saturated carbocycles. The number of aliphatic hydroxyl groups excluding tert-OH is 1. The van der Waals surface area contributed by atoms with Crippen molar-refractivity contribution >= 4 is 17.4 Å². The van der Waals surface area contributed by atoms with E-state index in [1.54, 1.807) is 24.9 Å². The highest BCUT2D eigenvalue weighted by Gasteiger charge is 2.36. The number of nitrogens with one attached hydrogen (secondary N) is 1. The Morgan fingerprint density at radius 1 is 1.21 bits per heavy atom. The monoisotopic (exact) mass is 470 g/mol. The van der Waals surface area contributed by atoms with Gasteiger partial charge in [0.15, 0.2) is 5.82 Å². The van der Waals surface area contributed by atoms with E-state index in [-0.39, 0.29) is 26.6 Å². The largest absolute Gasteiger partial charge is 0.391 e. The van der Waals surface area contributed by atoms with Gasteiger partial charge in [0, 0.05) is 19.7 Å². The Morgan fingerprint density at radius 2 is 1.94 bits per heavy atom. The van der Waals surface area contributed by atoms with E-state index in [1.165, 1.54) is 12.1 Å². The van der Waals surface area contributed by atoms with E-state index in [0.29, 0.717) is 42.4 Å². The first kappa shape index (κ1) is 26.9. The average Bonchev–Trinajstić information content (AvgIpc) is 3.17. The van der Waals surface area contributed by atoms with Crippen LogP contribution in [0.5, 0.6) is 0 Å². The summed E-state index contributed by atoms with van der Waals surface area (Å²) >= 11 is 0. The first-order valence-electron chi connectivity index (χ1n) is 10.6. The molecule has 34 heavy (non-hydrogen) atoms. The van der Waals surface area contributed by atoms with Crippen molar-refractivity contribution in [3.05, 3.63) is 64.6 Å². The smallest absolute Gasteiger partial charge is 0.249 e. The van der Waals surface area contributed by atoms with Crippen LogP contribution < -0.4 is 10.2 Å². The number of nitrogens with zero attached hydrogens (tertiary/aromatic N) is 5. The van der Waals surface area contributed by atoms with Crippen molar-refractivity contribution < 1.29 is 14.3 Å². The van der Waals surface area contributed by atoms with Crippen molar-refractivity contribution in [1.82, 2.24) is 19.7 Å². The molecule has 1 aromatic carbocycles. The third-order valence-corrected chi connectivity index (χ3v) is 5.80. The maximum absolute atomic E-state index is 13.3. The van der Waals surface area contributed by atoms with Gasteiger partial charge in [-0.05, 0) is 56.0 Å². The van der Waals surface area contributed by atoms with Crippen LogP contribution in [0.25, 0.3) is 0 Å². The summed E-state index contributed by atoms with van der Waals surface area (Å²) in [5.74, 6) is 0.771. The highest BCUT2D eigenvalue weighted by molar-refractivity contribution is 6.03. The number of fused-ring (bicyclic) bond motifs is 1. The highest BCUT2D eigenvalue weighted by atomic mass is 19.1. The maximum atomic E-state index is 13.3. The molecule has 0 unspecified atom stereocenters. The van der Waals surface area contributed by atoms with Gasteiger partial charge in [-0.15, -0.1) is 0 Å². The van der Waals surface area contributed by atoms with E-state index in [1.807, 2.05) is 30.9 Å². The molecule has 2 aromatic heterocycles. The number of hydrogen-bond acceptors (Lipinski definition) is 6. The highest BCUT2D eigenvalue weighted by Crippen LogP contribution is 2.32. The summed E-state index contributed by atoms with van der Waals surface area (Å²) in [4.78, 5) is 23.3. The lowest BCUT2D eigenvalue weighted by Crippen LogP contribution is -2.52. The van der Waals surface area contributed by atoms with Gasteiger partial charge in [0.1, 0.15) is 23.4 Å². The molecule has 0 saturated heterocycles. The van der Waals surface area contributed by atoms with Gasteiger partial charge in [0.05, 0.1) is 24.5 Å². The molecule has 2 atom stereocenters. The molecule has 0 fully saturated rings. The number of hydrogen-bond donors (Lipinski definition) is 2. The van der Waals surface area contributed by atoms with Crippen LogP contribution in [0.3, 0.4) is 0 Å². The van der Waals surface area contributed by atoms with Gasteiger partial charge in [-0.2, -0.15) is 5.10 Å². The van der Waals surface area contributed by atoms with E-state index in [2.05, 4.69) is 20.4 Å². The van der Waals surface area contributed by atoms with E-state index in [4.69, 9.17) is 0 Å². The zero-order valence-electron chi connectivity index (χ0n) is 18.6. The van der Waals surface area contributed by atoms with Crippen LogP contribution in [-0.2, 0) is 24.2 Å². The number of halogens is 1. The van der Waals surface area contributed by atoms with Gasteiger partial charge in [0.2, 0.25) is 5.91 Å². The fourth-order valence-corrected chi connectivity index (χ4v) is 4.06. The number of likely N-dealkylation sites (N-methyl/N-ethyl adjacent to an activating group) is 1. The number of aromatic nitrogens is 4. The molecule has 3 heterocycles. The number of benzene rings is 1. The summed E-state index contributed by atoms with van der Waals surface area (Å²) in [5, 5.41) is 17.2.